The van der Waals surface area contributed by atoms with E-state index >= 15 is 0 Å². The van der Waals surface area contributed by atoms with E-state index in [4.69, 9.17) is 10.5 Å². The number of benzene rings is 2. The van der Waals surface area contributed by atoms with Gasteiger partial charge in [0.2, 0.25) is 11.8 Å². The van der Waals surface area contributed by atoms with Crippen molar-refractivity contribution >= 4 is 17.9 Å². The number of nitrogens with two attached hydrogens (primary N) is 1. The quantitative estimate of drug-likeness (QED) is 0.548. The van der Waals surface area contributed by atoms with Crippen LogP contribution in [0.4, 0.5) is 9.18 Å². The van der Waals surface area contributed by atoms with Crippen LogP contribution in [0, 0.1) is 11.7 Å². The molecule has 2 aromatic rings. The normalized spacial score (nSPS) is 20.9. The zero-order valence-corrected chi connectivity index (χ0v) is 21.9. The van der Waals surface area contributed by atoms with Gasteiger partial charge in [-0.3, -0.25) is 9.59 Å². The van der Waals surface area contributed by atoms with Crippen LogP contribution in [0.1, 0.15) is 61.3 Å². The fourth-order valence-electron chi connectivity index (χ4n) is 5.41. The first-order valence-corrected chi connectivity index (χ1v) is 13.4. The zero-order chi connectivity index (χ0) is 27.1. The molecule has 38 heavy (non-hydrogen) atoms. The monoisotopic (exact) mass is 524 g/mol. The fraction of sp³-hybridized carbons (Fsp3) is 0.483. The number of hydrogen-bond acceptors (Lipinski definition) is 5. The van der Waals surface area contributed by atoms with Gasteiger partial charge in [0.05, 0.1) is 0 Å². The maximum absolute atomic E-state index is 13.3. The molecule has 2 fully saturated rings. The summed E-state index contributed by atoms with van der Waals surface area (Å²) in [4.78, 5) is 41.9. The molecule has 0 bridgehead atoms. The van der Waals surface area contributed by atoms with E-state index in [0.29, 0.717) is 25.1 Å². The Morgan fingerprint density at radius 2 is 1.66 bits per heavy atom. The lowest BCUT2D eigenvalue weighted by Gasteiger charge is -2.33. The van der Waals surface area contributed by atoms with Crippen molar-refractivity contribution in [1.29, 1.82) is 0 Å². The van der Waals surface area contributed by atoms with Crippen LogP contribution in [-0.4, -0.2) is 60.4 Å². The number of likely N-dealkylation sites (N-methyl/N-ethyl adjacent to an activating group) is 1. The van der Waals surface area contributed by atoms with Crippen molar-refractivity contribution in [2.45, 2.75) is 51.2 Å². The van der Waals surface area contributed by atoms with Gasteiger partial charge in [-0.1, -0.05) is 56.2 Å². The van der Waals surface area contributed by atoms with E-state index in [9.17, 15) is 18.8 Å². The molecule has 3 N–H and O–H groups in total. The Hall–Kier alpha value is -3.46. The van der Waals surface area contributed by atoms with Gasteiger partial charge in [0, 0.05) is 32.1 Å². The van der Waals surface area contributed by atoms with Crippen LogP contribution in [0.2, 0.25) is 0 Å². The standard InChI is InChI=1S/C29H37FN4O4/c1-2-33-15-17-34(18-16-33)29(37)38-19-20-7-9-21(10-8-20)24-5-3-4-6-25(24)28(36)32-26(27(31)35)22-11-13-23(30)14-12-22/h7-14,24-26H,2-6,15-19H2,1H3,(H2,31,35)(H,32,36). The summed E-state index contributed by atoms with van der Waals surface area (Å²) >= 11 is 0. The van der Waals surface area contributed by atoms with Crippen LogP contribution in [0.15, 0.2) is 48.5 Å². The minimum absolute atomic E-state index is 0.00282. The highest BCUT2D eigenvalue weighted by atomic mass is 19.1. The molecule has 1 saturated heterocycles. The molecule has 9 heteroatoms. The molecule has 3 unspecified atom stereocenters. The number of ether oxygens (including phenoxy) is 1. The number of nitrogens with one attached hydrogen (secondary N) is 1. The van der Waals surface area contributed by atoms with E-state index < -0.39 is 17.8 Å². The van der Waals surface area contributed by atoms with Gasteiger partial charge >= 0.3 is 6.09 Å². The van der Waals surface area contributed by atoms with Crippen molar-refractivity contribution in [1.82, 2.24) is 15.1 Å². The average Bonchev–Trinajstić information content (AvgIpc) is 2.95. The van der Waals surface area contributed by atoms with E-state index in [2.05, 4.69) is 17.1 Å². The Morgan fingerprint density at radius 1 is 1.00 bits per heavy atom. The molecule has 1 aliphatic heterocycles. The van der Waals surface area contributed by atoms with Crippen LogP contribution >= 0.6 is 0 Å². The van der Waals surface area contributed by atoms with Gasteiger partial charge < -0.3 is 25.6 Å². The summed E-state index contributed by atoms with van der Waals surface area (Å²) < 4.78 is 18.9. The first-order chi connectivity index (χ1) is 18.4. The molecule has 3 amide bonds. The molecule has 3 atom stereocenters. The highest BCUT2D eigenvalue weighted by molar-refractivity contribution is 5.89. The predicted octanol–water partition coefficient (Wildman–Crippen LogP) is 3.72. The number of halogens is 1. The largest absolute Gasteiger partial charge is 0.445 e. The molecule has 2 aromatic carbocycles. The third-order valence-electron chi connectivity index (χ3n) is 7.73. The van der Waals surface area contributed by atoms with Crippen molar-refractivity contribution < 1.29 is 23.5 Å². The van der Waals surface area contributed by atoms with Gasteiger partial charge in [-0.2, -0.15) is 0 Å². The highest BCUT2D eigenvalue weighted by Crippen LogP contribution is 2.38. The molecule has 0 aromatic heterocycles. The Kier molecular flexibility index (Phi) is 9.33. The summed E-state index contributed by atoms with van der Waals surface area (Å²) in [7, 11) is 0. The number of carbonyl (C=O) groups is 3. The molecule has 4 rings (SSSR count). The third kappa shape index (κ3) is 6.89. The minimum Gasteiger partial charge on any atom is -0.445 e. The maximum atomic E-state index is 13.3. The van der Waals surface area contributed by atoms with Gasteiger partial charge in [-0.25, -0.2) is 9.18 Å². The fourth-order valence-corrected chi connectivity index (χ4v) is 5.41. The first kappa shape index (κ1) is 27.6. The smallest absolute Gasteiger partial charge is 0.410 e. The highest BCUT2D eigenvalue weighted by Gasteiger charge is 2.34. The Bertz CT molecular complexity index is 1100. The number of amides is 3. The third-order valence-corrected chi connectivity index (χ3v) is 7.73. The van der Waals surface area contributed by atoms with Crippen molar-refractivity contribution in [3.8, 4) is 0 Å². The Balaban J connectivity index is 1.36. The Morgan fingerprint density at radius 3 is 2.29 bits per heavy atom. The number of hydrogen-bond donors (Lipinski definition) is 2. The molecule has 1 saturated carbocycles. The van der Waals surface area contributed by atoms with Crippen LogP contribution in [-0.2, 0) is 20.9 Å². The average molecular weight is 525 g/mol. The van der Waals surface area contributed by atoms with Crippen molar-refractivity contribution in [3.05, 3.63) is 71.0 Å². The molecule has 204 valence electrons. The lowest BCUT2D eigenvalue weighted by atomic mass is 9.74. The van der Waals surface area contributed by atoms with Gasteiger partial charge in [0.15, 0.2) is 0 Å². The summed E-state index contributed by atoms with van der Waals surface area (Å²) in [6.07, 6.45) is 3.20. The molecule has 1 heterocycles. The van der Waals surface area contributed by atoms with Crippen LogP contribution in [0.3, 0.4) is 0 Å². The summed E-state index contributed by atoms with van der Waals surface area (Å²) in [5, 5.41) is 2.80. The molecule has 8 nitrogen and oxygen atoms in total. The molecule has 1 aliphatic carbocycles. The summed E-state index contributed by atoms with van der Waals surface area (Å²) in [6.45, 7) is 6.37. The second-order valence-corrected chi connectivity index (χ2v) is 10.1. The summed E-state index contributed by atoms with van der Waals surface area (Å²) in [5.41, 5.74) is 7.94. The lowest BCUT2D eigenvalue weighted by molar-refractivity contribution is -0.131. The van der Waals surface area contributed by atoms with Gasteiger partial charge in [0.1, 0.15) is 18.5 Å². The van der Waals surface area contributed by atoms with Crippen molar-refractivity contribution in [2.75, 3.05) is 32.7 Å². The van der Waals surface area contributed by atoms with Gasteiger partial charge in [0.25, 0.3) is 0 Å². The summed E-state index contributed by atoms with van der Waals surface area (Å²) in [6, 6.07) is 12.2. The lowest BCUT2D eigenvalue weighted by Crippen LogP contribution is -2.48. The molecule has 0 spiro atoms. The predicted molar refractivity (Wildman–Crippen MR) is 141 cm³/mol. The number of rotatable bonds is 8. The van der Waals surface area contributed by atoms with E-state index in [1.807, 2.05) is 24.3 Å². The van der Waals surface area contributed by atoms with E-state index in [0.717, 1.165) is 50.0 Å². The second kappa shape index (κ2) is 12.9. The molecular formula is C29H37FN4O4. The maximum Gasteiger partial charge on any atom is 0.410 e. The van der Waals surface area contributed by atoms with Crippen LogP contribution < -0.4 is 11.1 Å². The van der Waals surface area contributed by atoms with Gasteiger partial charge in [-0.05, 0) is 54.1 Å². The zero-order valence-electron chi connectivity index (χ0n) is 21.9. The van der Waals surface area contributed by atoms with E-state index in [-0.39, 0.29) is 30.4 Å². The summed E-state index contributed by atoms with van der Waals surface area (Å²) in [5.74, 6) is -1.66. The number of carbonyl (C=O) groups excluding carboxylic acids is 3. The molecular weight excluding hydrogens is 487 g/mol. The SMILES string of the molecule is CCN1CCN(C(=O)OCc2ccc(C3CCCCC3C(=O)NC(C(N)=O)c3ccc(F)cc3)cc2)CC1. The topological polar surface area (TPSA) is 105 Å². The van der Waals surface area contributed by atoms with Crippen LogP contribution in [0.5, 0.6) is 0 Å². The van der Waals surface area contributed by atoms with Crippen molar-refractivity contribution in [2.24, 2.45) is 11.7 Å². The first-order valence-electron chi connectivity index (χ1n) is 13.4. The molecule has 0 radical (unpaired) electrons. The minimum atomic E-state index is -1.02. The molecule has 2 aliphatic rings. The van der Waals surface area contributed by atoms with E-state index in [1.165, 1.54) is 24.3 Å². The van der Waals surface area contributed by atoms with Crippen LogP contribution in [0.25, 0.3) is 0 Å². The Labute approximate surface area is 223 Å². The number of primary amides is 1. The van der Waals surface area contributed by atoms with E-state index in [1.54, 1.807) is 4.90 Å². The van der Waals surface area contributed by atoms with Gasteiger partial charge in [-0.15, -0.1) is 0 Å². The number of nitrogens with zero attached hydrogens (tertiary/aromatic N) is 2. The second-order valence-electron chi connectivity index (χ2n) is 10.1. The van der Waals surface area contributed by atoms with Crippen molar-refractivity contribution in [3.63, 3.8) is 0 Å². The number of piperazine rings is 1.